The van der Waals surface area contributed by atoms with Crippen molar-refractivity contribution in [1.82, 2.24) is 14.9 Å². The number of nitrogens with zero attached hydrogens (tertiary/aromatic N) is 1. The molecule has 3 aliphatic rings. The molecule has 0 spiro atoms. The first-order valence-electron chi connectivity index (χ1n) is 9.42. The van der Waals surface area contributed by atoms with E-state index in [4.69, 9.17) is 0 Å². The maximum atomic E-state index is 13.5. The summed E-state index contributed by atoms with van der Waals surface area (Å²) < 4.78 is 77.0. The van der Waals surface area contributed by atoms with E-state index in [9.17, 15) is 30.0 Å². The minimum Gasteiger partial charge on any atom is -0.352 e. The second-order valence-corrected chi connectivity index (χ2v) is 14.2. The molecule has 0 unspecified atom stereocenters. The van der Waals surface area contributed by atoms with Crippen LogP contribution in [0.3, 0.4) is 0 Å². The van der Waals surface area contributed by atoms with Crippen LogP contribution in [0.4, 0.5) is 0 Å². The summed E-state index contributed by atoms with van der Waals surface area (Å²) in [6.45, 7) is 1.62. The first-order chi connectivity index (χ1) is 13.9. The third-order valence-corrected chi connectivity index (χ3v) is 11.2. The number of sulfone groups is 2. The Morgan fingerprint density at radius 3 is 1.97 bits per heavy atom. The summed E-state index contributed by atoms with van der Waals surface area (Å²) in [5.74, 6) is -1.33. The lowest BCUT2D eigenvalue weighted by molar-refractivity contribution is -0.119. The van der Waals surface area contributed by atoms with Crippen LogP contribution in [0.2, 0.25) is 0 Å². The molecule has 13 heteroatoms. The van der Waals surface area contributed by atoms with E-state index >= 15 is 0 Å². The number of hydrogen-bond acceptors (Lipinski definition) is 8. The molecule has 166 valence electrons. The van der Waals surface area contributed by atoms with Gasteiger partial charge in [-0.05, 0) is 17.7 Å². The van der Waals surface area contributed by atoms with Crippen molar-refractivity contribution in [3.05, 3.63) is 29.8 Å². The van der Waals surface area contributed by atoms with Crippen LogP contribution in [0.25, 0.3) is 0 Å². The summed E-state index contributed by atoms with van der Waals surface area (Å²) in [5, 5.41) is 5.70. The molecule has 0 saturated carbocycles. The fourth-order valence-electron chi connectivity index (χ4n) is 4.48. The zero-order valence-corrected chi connectivity index (χ0v) is 18.6. The monoisotopic (exact) mass is 477 g/mol. The number of carbonyl (C=O) groups is 1. The Labute approximate surface area is 175 Å². The molecule has 3 saturated heterocycles. The highest BCUT2D eigenvalue weighted by Gasteiger charge is 2.57. The van der Waals surface area contributed by atoms with Gasteiger partial charge in [-0.25, -0.2) is 25.3 Å². The van der Waals surface area contributed by atoms with Gasteiger partial charge in [-0.1, -0.05) is 12.1 Å². The molecule has 0 aliphatic carbocycles. The number of piperazine rings is 1. The van der Waals surface area contributed by atoms with E-state index in [2.05, 4.69) is 10.6 Å². The number of benzene rings is 1. The third-order valence-electron chi connectivity index (χ3n) is 5.77. The lowest BCUT2D eigenvalue weighted by Crippen LogP contribution is -2.67. The molecule has 3 heterocycles. The zero-order valence-electron chi connectivity index (χ0n) is 16.2. The number of amides is 1. The summed E-state index contributed by atoms with van der Waals surface area (Å²) in [5.41, 5.74) is 0.701. The highest BCUT2D eigenvalue weighted by molar-refractivity contribution is 7.92. The molecule has 3 aliphatic heterocycles. The Hall–Kier alpha value is -1.54. The molecule has 0 bridgehead atoms. The van der Waals surface area contributed by atoms with Gasteiger partial charge in [0, 0.05) is 25.6 Å². The molecule has 4 rings (SSSR count). The minimum atomic E-state index is -4.14. The van der Waals surface area contributed by atoms with Crippen LogP contribution in [-0.2, 0) is 41.0 Å². The fourth-order valence-corrected chi connectivity index (χ4v) is 10.4. The van der Waals surface area contributed by atoms with E-state index in [-0.39, 0.29) is 40.4 Å². The summed E-state index contributed by atoms with van der Waals surface area (Å²) in [6, 6.07) is 2.93. The fraction of sp³-hybridized carbons (Fsp3) is 0.588. The molecule has 30 heavy (non-hydrogen) atoms. The molecule has 10 nitrogen and oxygen atoms in total. The summed E-state index contributed by atoms with van der Waals surface area (Å²) >= 11 is 0. The van der Waals surface area contributed by atoms with Crippen LogP contribution < -0.4 is 10.6 Å². The van der Waals surface area contributed by atoms with Crippen LogP contribution in [0.5, 0.6) is 0 Å². The molecule has 1 amide bonds. The van der Waals surface area contributed by atoms with Gasteiger partial charge in [-0.15, -0.1) is 0 Å². The Morgan fingerprint density at radius 2 is 1.50 bits per heavy atom. The van der Waals surface area contributed by atoms with E-state index in [0.717, 1.165) is 4.31 Å². The van der Waals surface area contributed by atoms with E-state index in [1.54, 1.807) is 12.1 Å². The topological polar surface area (TPSA) is 147 Å². The third kappa shape index (κ3) is 4.00. The SMILES string of the molecule is CC(=O)NCc1ccc(S(=O)(=O)N2[C@@H]3CS(=O)(=O)C[C@@H]3N[C@H]3CS(=O)(=O)C[C@H]32)cc1. The second-order valence-electron chi connectivity index (χ2n) is 8.06. The Bertz CT molecular complexity index is 1130. The van der Waals surface area contributed by atoms with Crippen LogP contribution in [0.1, 0.15) is 12.5 Å². The number of sulfonamides is 1. The van der Waals surface area contributed by atoms with Crippen LogP contribution >= 0.6 is 0 Å². The second kappa shape index (κ2) is 7.26. The molecule has 0 aromatic heterocycles. The van der Waals surface area contributed by atoms with Crippen molar-refractivity contribution >= 4 is 35.6 Å². The first kappa shape index (κ1) is 21.7. The van der Waals surface area contributed by atoms with Crippen LogP contribution in [0, 0.1) is 0 Å². The summed E-state index contributed by atoms with van der Waals surface area (Å²) in [6.07, 6.45) is 0. The van der Waals surface area contributed by atoms with Gasteiger partial charge in [0.1, 0.15) is 0 Å². The van der Waals surface area contributed by atoms with Gasteiger partial charge < -0.3 is 10.6 Å². The van der Waals surface area contributed by atoms with Gasteiger partial charge >= 0.3 is 0 Å². The zero-order chi connectivity index (χ0) is 21.9. The highest BCUT2D eigenvalue weighted by Crippen LogP contribution is 2.35. The van der Waals surface area contributed by atoms with Crippen molar-refractivity contribution in [2.24, 2.45) is 0 Å². The average molecular weight is 478 g/mol. The predicted octanol–water partition coefficient (Wildman–Crippen LogP) is -1.75. The maximum Gasteiger partial charge on any atom is 0.243 e. The van der Waals surface area contributed by atoms with Crippen molar-refractivity contribution in [1.29, 1.82) is 0 Å². The lowest BCUT2D eigenvalue weighted by atomic mass is 10.0. The predicted molar refractivity (Wildman–Crippen MR) is 109 cm³/mol. The van der Waals surface area contributed by atoms with Gasteiger partial charge in [0.25, 0.3) is 0 Å². The van der Waals surface area contributed by atoms with E-state index in [0.29, 0.717) is 5.56 Å². The van der Waals surface area contributed by atoms with Gasteiger partial charge in [-0.3, -0.25) is 4.79 Å². The van der Waals surface area contributed by atoms with Crippen molar-refractivity contribution in [3.63, 3.8) is 0 Å². The van der Waals surface area contributed by atoms with E-state index in [1.807, 2.05) is 0 Å². The number of carbonyl (C=O) groups excluding carboxylic acids is 1. The largest absolute Gasteiger partial charge is 0.352 e. The molecule has 1 aromatic carbocycles. The van der Waals surface area contributed by atoms with Crippen LogP contribution in [-0.4, -0.2) is 82.6 Å². The van der Waals surface area contributed by atoms with Crippen LogP contribution in [0.15, 0.2) is 29.2 Å². The molecule has 4 atom stereocenters. The number of rotatable bonds is 4. The first-order valence-corrected chi connectivity index (χ1v) is 14.5. The van der Waals surface area contributed by atoms with E-state index in [1.165, 1.54) is 19.1 Å². The van der Waals surface area contributed by atoms with Crippen molar-refractivity contribution in [2.75, 3.05) is 23.0 Å². The standard InChI is InChI=1S/C17H23N3O7S3/c1-11(21)18-6-12-2-4-13(5-3-12)30(26,27)20-16-9-28(22,23)7-14(16)19-15-8-29(24,25)10-17(15)20/h2-5,14-17,19H,6-10H2,1H3,(H,18,21)/t14-,15-,16+,17+/m0/s1. The number of nitrogens with one attached hydrogen (secondary N) is 2. The molecular weight excluding hydrogens is 454 g/mol. The molecule has 0 radical (unpaired) electrons. The molecular formula is C17H23N3O7S3. The summed E-state index contributed by atoms with van der Waals surface area (Å²) in [7, 11) is -11.0. The van der Waals surface area contributed by atoms with Gasteiger partial charge in [0.15, 0.2) is 19.7 Å². The number of hydrogen-bond donors (Lipinski definition) is 2. The average Bonchev–Trinajstić information content (AvgIpc) is 3.09. The lowest BCUT2D eigenvalue weighted by Gasteiger charge is -2.43. The Morgan fingerprint density at radius 1 is 1.00 bits per heavy atom. The maximum absolute atomic E-state index is 13.5. The summed E-state index contributed by atoms with van der Waals surface area (Å²) in [4.78, 5) is 11.0. The molecule has 3 fully saturated rings. The Balaban J connectivity index is 1.70. The quantitative estimate of drug-likeness (QED) is 0.519. The Kier molecular flexibility index (Phi) is 5.25. The van der Waals surface area contributed by atoms with E-state index < -0.39 is 53.9 Å². The van der Waals surface area contributed by atoms with Gasteiger partial charge in [0.2, 0.25) is 15.9 Å². The number of fused-ring (bicyclic) bond motifs is 2. The molecule has 2 N–H and O–H groups in total. The normalized spacial score (nSPS) is 32.3. The van der Waals surface area contributed by atoms with Gasteiger partial charge in [0.05, 0.1) is 40.0 Å². The van der Waals surface area contributed by atoms with Crippen molar-refractivity contribution < 1.29 is 30.0 Å². The minimum absolute atomic E-state index is 0.0397. The molecule has 1 aromatic rings. The smallest absolute Gasteiger partial charge is 0.243 e. The highest BCUT2D eigenvalue weighted by atomic mass is 32.2. The van der Waals surface area contributed by atoms with Crippen molar-refractivity contribution in [3.8, 4) is 0 Å². The van der Waals surface area contributed by atoms with Crippen molar-refractivity contribution in [2.45, 2.75) is 42.5 Å². The van der Waals surface area contributed by atoms with Gasteiger partial charge in [-0.2, -0.15) is 4.31 Å².